The summed E-state index contributed by atoms with van der Waals surface area (Å²) in [5.74, 6) is 0.380. The van der Waals surface area contributed by atoms with E-state index in [2.05, 4.69) is 36.4 Å². The summed E-state index contributed by atoms with van der Waals surface area (Å²) < 4.78 is 18.4. The van der Waals surface area contributed by atoms with Gasteiger partial charge in [0.15, 0.2) is 11.4 Å². The fraction of sp³-hybridized carbons (Fsp3) is 0.400. The molecule has 0 bridgehead atoms. The Balaban J connectivity index is 1.51. The van der Waals surface area contributed by atoms with Crippen LogP contribution in [0, 0.1) is 8.99 Å². The highest BCUT2D eigenvalue weighted by molar-refractivity contribution is 14.1. The van der Waals surface area contributed by atoms with Gasteiger partial charge in [0.2, 0.25) is 0 Å². The first-order valence-corrected chi connectivity index (χ1v) is 12.1. The van der Waals surface area contributed by atoms with Crippen LogP contribution in [0.2, 0.25) is 0 Å². The fourth-order valence-corrected chi connectivity index (χ4v) is 5.25. The second kappa shape index (κ2) is 8.27. The van der Waals surface area contributed by atoms with E-state index >= 15 is 0 Å². The molecule has 1 saturated heterocycles. The van der Waals surface area contributed by atoms with Crippen molar-refractivity contribution in [2.75, 3.05) is 19.8 Å². The molecule has 5 rings (SSSR count). The molecule has 2 aromatic rings. The Morgan fingerprint density at radius 2 is 1.81 bits per heavy atom. The molecule has 7 heteroatoms. The minimum atomic E-state index is -1.63. The molecule has 32 heavy (non-hydrogen) atoms. The van der Waals surface area contributed by atoms with Gasteiger partial charge in [-0.2, -0.15) is 0 Å². The van der Waals surface area contributed by atoms with Crippen LogP contribution in [0.3, 0.4) is 0 Å². The average molecular weight is 544 g/mol. The molecule has 0 amide bonds. The van der Waals surface area contributed by atoms with E-state index in [1.54, 1.807) is 0 Å². The monoisotopic (exact) mass is 544 g/mol. The van der Waals surface area contributed by atoms with E-state index in [1.807, 2.05) is 42.5 Å². The number of benzene rings is 2. The molecular formula is C25H26BIO5. The van der Waals surface area contributed by atoms with Crippen LogP contribution in [0.4, 0.5) is 0 Å². The second-order valence-electron chi connectivity index (χ2n) is 9.66. The summed E-state index contributed by atoms with van der Waals surface area (Å²) in [7, 11) is -0.353. The van der Waals surface area contributed by atoms with Crippen molar-refractivity contribution in [2.24, 2.45) is 5.41 Å². The number of rotatable bonds is 3. The Bertz CT molecular complexity index is 1090. The highest BCUT2D eigenvalue weighted by Crippen LogP contribution is 2.47. The van der Waals surface area contributed by atoms with Crippen molar-refractivity contribution in [3.8, 4) is 0 Å². The van der Waals surface area contributed by atoms with E-state index in [0.717, 1.165) is 26.6 Å². The Hall–Kier alpha value is -1.68. The molecular weight excluding hydrogens is 518 g/mol. The van der Waals surface area contributed by atoms with Crippen molar-refractivity contribution in [3.05, 3.63) is 68.3 Å². The number of aliphatic hydroxyl groups is 1. The molecule has 0 radical (unpaired) electrons. The number of ether oxygens (including phenoxy) is 1. The number of carbonyl (C=O) groups excluding carboxylic acids is 1. The van der Waals surface area contributed by atoms with Crippen molar-refractivity contribution in [2.45, 2.75) is 38.7 Å². The molecule has 2 aliphatic heterocycles. The van der Waals surface area contributed by atoms with Gasteiger partial charge in [0.25, 0.3) is 0 Å². The quantitative estimate of drug-likeness (QED) is 0.473. The molecule has 0 spiro atoms. The first kappa shape index (κ1) is 22.1. The molecule has 0 saturated carbocycles. The van der Waals surface area contributed by atoms with Crippen LogP contribution in [0.25, 0.3) is 5.76 Å². The number of hydrogen-bond donors (Lipinski definition) is 1. The topological polar surface area (TPSA) is 65.0 Å². The molecule has 1 atom stereocenters. The van der Waals surface area contributed by atoms with Gasteiger partial charge >= 0.3 is 7.12 Å². The summed E-state index contributed by atoms with van der Waals surface area (Å²) >= 11 is 2.22. The highest BCUT2D eigenvalue weighted by Gasteiger charge is 2.49. The second-order valence-corrected chi connectivity index (χ2v) is 10.9. The van der Waals surface area contributed by atoms with E-state index in [-0.39, 0.29) is 24.7 Å². The van der Waals surface area contributed by atoms with Crippen molar-refractivity contribution in [3.63, 3.8) is 0 Å². The molecule has 5 nitrogen and oxygen atoms in total. The van der Waals surface area contributed by atoms with E-state index in [1.165, 1.54) is 0 Å². The van der Waals surface area contributed by atoms with E-state index in [9.17, 15) is 9.90 Å². The van der Waals surface area contributed by atoms with Crippen LogP contribution in [-0.2, 0) is 30.9 Å². The zero-order valence-electron chi connectivity index (χ0n) is 18.3. The van der Waals surface area contributed by atoms with Crippen LogP contribution in [0.5, 0.6) is 0 Å². The van der Waals surface area contributed by atoms with Crippen LogP contribution in [-0.4, -0.2) is 37.8 Å². The first-order valence-electron chi connectivity index (χ1n) is 11.0. The van der Waals surface area contributed by atoms with Gasteiger partial charge in [0.05, 0.1) is 6.61 Å². The van der Waals surface area contributed by atoms with Gasteiger partial charge < -0.3 is 19.2 Å². The zero-order valence-corrected chi connectivity index (χ0v) is 20.5. The molecule has 166 valence electrons. The minimum Gasteiger partial charge on any atom is -0.492 e. The van der Waals surface area contributed by atoms with Gasteiger partial charge in [-0.25, -0.2) is 0 Å². The van der Waals surface area contributed by atoms with Gasteiger partial charge in [-0.15, -0.1) is 0 Å². The third-order valence-corrected chi connectivity index (χ3v) is 7.07. The summed E-state index contributed by atoms with van der Waals surface area (Å²) in [6.45, 7) is 6.09. The molecule has 2 aromatic carbocycles. The predicted octanol–water partition coefficient (Wildman–Crippen LogP) is 3.59. The van der Waals surface area contributed by atoms with Crippen molar-refractivity contribution < 1.29 is 23.9 Å². The zero-order chi connectivity index (χ0) is 22.5. The normalized spacial score (nSPS) is 24.6. The fourth-order valence-electron chi connectivity index (χ4n) is 4.76. The van der Waals surface area contributed by atoms with E-state index < -0.39 is 5.60 Å². The van der Waals surface area contributed by atoms with Crippen molar-refractivity contribution in [1.29, 1.82) is 0 Å². The minimum absolute atomic E-state index is 0.155. The highest BCUT2D eigenvalue weighted by atomic mass is 127. The molecule has 1 fully saturated rings. The summed E-state index contributed by atoms with van der Waals surface area (Å²) in [5.41, 5.74) is 2.07. The molecule has 1 unspecified atom stereocenters. The maximum absolute atomic E-state index is 13.7. The van der Waals surface area contributed by atoms with Crippen LogP contribution < -0.4 is 5.46 Å². The lowest BCUT2D eigenvalue weighted by atomic mass is 9.69. The lowest BCUT2D eigenvalue weighted by molar-refractivity contribution is -0.135. The Morgan fingerprint density at radius 3 is 2.53 bits per heavy atom. The number of fused-ring (bicyclic) bond motifs is 2. The lowest BCUT2D eigenvalue weighted by Gasteiger charge is -2.41. The van der Waals surface area contributed by atoms with E-state index in [4.69, 9.17) is 14.0 Å². The number of ketones is 1. The SMILES string of the molecule is CC1(C)COC2=C(C1)C(=O)C(O)(Cc1ccc(B3OCCCO3)cc1)c1cc(I)ccc12. The van der Waals surface area contributed by atoms with Gasteiger partial charge in [-0.1, -0.05) is 38.1 Å². The van der Waals surface area contributed by atoms with Crippen LogP contribution in [0.15, 0.2) is 48.0 Å². The summed E-state index contributed by atoms with van der Waals surface area (Å²) in [5, 5.41) is 11.9. The molecule has 3 aliphatic rings. The third-order valence-electron chi connectivity index (χ3n) is 6.40. The van der Waals surface area contributed by atoms with Crippen molar-refractivity contribution in [1.82, 2.24) is 0 Å². The Labute approximate surface area is 202 Å². The molecule has 1 N–H and O–H groups in total. The van der Waals surface area contributed by atoms with Crippen molar-refractivity contribution >= 4 is 46.7 Å². The van der Waals surface area contributed by atoms with Gasteiger partial charge in [-0.3, -0.25) is 4.79 Å². The molecule has 1 aliphatic carbocycles. The largest absolute Gasteiger partial charge is 0.493 e. The number of carbonyl (C=O) groups is 1. The number of hydrogen-bond acceptors (Lipinski definition) is 5. The number of halogens is 1. The molecule has 0 aromatic heterocycles. The van der Waals surface area contributed by atoms with Crippen LogP contribution >= 0.6 is 22.6 Å². The first-order chi connectivity index (χ1) is 15.3. The maximum atomic E-state index is 13.7. The standard InChI is InChI=1S/C25H26BIO5/c1-24(2)14-20-22(30-15-24)19-9-8-18(27)12-21(19)25(29,23(20)28)13-16-4-6-17(7-5-16)26-31-10-3-11-32-26/h4-9,12,29H,3,10-11,13-15H2,1-2H3. The number of Topliss-reactive ketones (excluding diaryl/α,β-unsaturated/α-hetero) is 1. The van der Waals surface area contributed by atoms with Gasteiger partial charge in [-0.05, 0) is 64.7 Å². The van der Waals surface area contributed by atoms with E-state index in [0.29, 0.717) is 43.1 Å². The van der Waals surface area contributed by atoms with Crippen LogP contribution in [0.1, 0.15) is 43.4 Å². The summed E-state index contributed by atoms with van der Waals surface area (Å²) in [6.07, 6.45) is 1.69. The Morgan fingerprint density at radius 1 is 1.09 bits per heavy atom. The third kappa shape index (κ3) is 3.93. The Kier molecular flexibility index (Phi) is 5.72. The maximum Gasteiger partial charge on any atom is 0.493 e. The van der Waals surface area contributed by atoms with Gasteiger partial charge in [0, 0.05) is 45.3 Å². The average Bonchev–Trinajstić information content (AvgIpc) is 2.78. The summed E-state index contributed by atoms with van der Waals surface area (Å²) in [4.78, 5) is 13.7. The molecule has 2 heterocycles. The smallest absolute Gasteiger partial charge is 0.492 e. The van der Waals surface area contributed by atoms with Gasteiger partial charge in [0.1, 0.15) is 5.76 Å². The predicted molar refractivity (Wildman–Crippen MR) is 131 cm³/mol. The lowest BCUT2D eigenvalue weighted by Crippen LogP contribution is -2.45. The summed E-state index contributed by atoms with van der Waals surface area (Å²) in [6, 6.07) is 13.6.